The fraction of sp³-hybridized carbons (Fsp3) is 0.333. The van der Waals surface area contributed by atoms with E-state index in [9.17, 15) is 4.79 Å². The van der Waals surface area contributed by atoms with Crippen LogP contribution in [-0.2, 0) is 4.74 Å². The Morgan fingerprint density at radius 1 is 1.22 bits per heavy atom. The first-order chi connectivity index (χ1) is 8.38. The number of benzene rings is 1. The zero-order valence-corrected chi connectivity index (χ0v) is 11.2. The molecule has 0 saturated carbocycles. The first-order valence-electron chi connectivity index (χ1n) is 5.96. The molecule has 0 bridgehead atoms. The van der Waals surface area contributed by atoms with Crippen molar-refractivity contribution in [3.8, 4) is 0 Å². The highest BCUT2D eigenvalue weighted by molar-refractivity contribution is 6.03. The largest absolute Gasteiger partial charge is 0.456 e. The summed E-state index contributed by atoms with van der Waals surface area (Å²) in [5.41, 5.74) is 1.83. The zero-order valence-electron chi connectivity index (χ0n) is 11.2. The van der Waals surface area contributed by atoms with E-state index >= 15 is 0 Å². The van der Waals surface area contributed by atoms with Gasteiger partial charge < -0.3 is 4.74 Å². The van der Waals surface area contributed by atoms with Crippen molar-refractivity contribution in [2.75, 3.05) is 0 Å². The highest BCUT2D eigenvalue weighted by Gasteiger charge is 2.20. The number of pyridine rings is 1. The summed E-state index contributed by atoms with van der Waals surface area (Å²) < 4.78 is 5.39. The summed E-state index contributed by atoms with van der Waals surface area (Å²) in [5.74, 6) is -0.328. The Morgan fingerprint density at radius 2 is 1.94 bits per heavy atom. The maximum atomic E-state index is 12.1. The second-order valence-corrected chi connectivity index (χ2v) is 5.33. The van der Waals surface area contributed by atoms with Crippen molar-refractivity contribution < 1.29 is 9.53 Å². The van der Waals surface area contributed by atoms with E-state index < -0.39 is 5.60 Å². The number of carbonyl (C=O) groups excluding carboxylic acids is 1. The summed E-state index contributed by atoms with van der Waals surface area (Å²) in [6.07, 6.45) is 1.71. The molecule has 1 aromatic carbocycles. The minimum atomic E-state index is -0.497. The molecular formula is C15H17NO2. The van der Waals surface area contributed by atoms with Crippen LogP contribution in [-0.4, -0.2) is 16.6 Å². The highest BCUT2D eigenvalue weighted by atomic mass is 16.6. The Labute approximate surface area is 107 Å². The molecule has 0 aliphatic rings. The highest BCUT2D eigenvalue weighted by Crippen LogP contribution is 2.21. The zero-order chi connectivity index (χ0) is 13.3. The summed E-state index contributed by atoms with van der Waals surface area (Å²) in [6.45, 7) is 7.57. The predicted octanol–water partition coefficient (Wildman–Crippen LogP) is 3.50. The molecule has 2 aromatic rings. The molecule has 0 unspecified atom stereocenters. The van der Waals surface area contributed by atoms with E-state index in [2.05, 4.69) is 4.98 Å². The van der Waals surface area contributed by atoms with E-state index in [-0.39, 0.29) is 5.97 Å². The third-order valence-corrected chi connectivity index (χ3v) is 2.61. The Balaban J connectivity index is 2.52. The van der Waals surface area contributed by atoms with Crippen molar-refractivity contribution in [3.05, 3.63) is 41.6 Å². The molecule has 2 rings (SSSR count). The lowest BCUT2D eigenvalue weighted by Gasteiger charge is -2.19. The van der Waals surface area contributed by atoms with Crippen LogP contribution in [0.1, 0.15) is 36.7 Å². The number of carbonyl (C=O) groups is 1. The van der Waals surface area contributed by atoms with Crippen LogP contribution < -0.4 is 0 Å². The van der Waals surface area contributed by atoms with Gasteiger partial charge in [0.2, 0.25) is 0 Å². The van der Waals surface area contributed by atoms with Crippen LogP contribution in [0, 0.1) is 6.92 Å². The fourth-order valence-corrected chi connectivity index (χ4v) is 1.81. The van der Waals surface area contributed by atoms with Crippen LogP contribution in [0.2, 0.25) is 0 Å². The van der Waals surface area contributed by atoms with Crippen molar-refractivity contribution >= 4 is 16.9 Å². The average molecular weight is 243 g/mol. The average Bonchev–Trinajstić information content (AvgIpc) is 2.26. The summed E-state index contributed by atoms with van der Waals surface area (Å²) in [6, 6.07) is 7.51. The molecule has 94 valence electrons. The van der Waals surface area contributed by atoms with Crippen molar-refractivity contribution in [1.82, 2.24) is 4.98 Å². The minimum Gasteiger partial charge on any atom is -0.456 e. The molecule has 0 atom stereocenters. The van der Waals surface area contributed by atoms with Gasteiger partial charge in [0.15, 0.2) is 0 Å². The molecule has 0 N–H and O–H groups in total. The van der Waals surface area contributed by atoms with Gasteiger partial charge in [-0.2, -0.15) is 0 Å². The van der Waals surface area contributed by atoms with Crippen LogP contribution in [0.25, 0.3) is 10.9 Å². The standard InChI is InChI=1S/C15H17NO2/c1-10-8-9-16-13-11(10)6-5-7-12(13)14(17)18-15(2,3)4/h5-9H,1-4H3. The maximum absolute atomic E-state index is 12.1. The van der Waals surface area contributed by atoms with E-state index in [4.69, 9.17) is 4.74 Å². The van der Waals surface area contributed by atoms with Crippen molar-refractivity contribution in [2.24, 2.45) is 0 Å². The van der Waals surface area contributed by atoms with Gasteiger partial charge in [0, 0.05) is 11.6 Å². The third kappa shape index (κ3) is 2.50. The first kappa shape index (κ1) is 12.6. The van der Waals surface area contributed by atoms with Crippen LogP contribution in [0.3, 0.4) is 0 Å². The van der Waals surface area contributed by atoms with E-state index in [1.54, 1.807) is 12.3 Å². The van der Waals surface area contributed by atoms with E-state index in [1.807, 2.05) is 45.9 Å². The van der Waals surface area contributed by atoms with E-state index in [1.165, 1.54) is 0 Å². The topological polar surface area (TPSA) is 39.2 Å². The SMILES string of the molecule is Cc1ccnc2c(C(=O)OC(C)(C)C)cccc12. The number of para-hydroxylation sites is 1. The Bertz CT molecular complexity index is 597. The predicted molar refractivity (Wildman–Crippen MR) is 71.6 cm³/mol. The minimum absolute atomic E-state index is 0.328. The summed E-state index contributed by atoms with van der Waals surface area (Å²) >= 11 is 0. The molecule has 0 spiro atoms. The van der Waals surface area contributed by atoms with Gasteiger partial charge in [-0.3, -0.25) is 4.98 Å². The van der Waals surface area contributed by atoms with Gasteiger partial charge in [0.05, 0.1) is 11.1 Å². The van der Waals surface area contributed by atoms with Crippen LogP contribution in [0.4, 0.5) is 0 Å². The lowest BCUT2D eigenvalue weighted by Crippen LogP contribution is -2.24. The van der Waals surface area contributed by atoms with Gasteiger partial charge >= 0.3 is 5.97 Å². The molecule has 0 amide bonds. The number of ether oxygens (including phenoxy) is 1. The number of aromatic nitrogens is 1. The molecule has 18 heavy (non-hydrogen) atoms. The van der Waals surface area contributed by atoms with Gasteiger partial charge in [-0.25, -0.2) is 4.79 Å². The number of esters is 1. The molecule has 1 aromatic heterocycles. The Hall–Kier alpha value is -1.90. The normalized spacial score (nSPS) is 11.6. The van der Waals surface area contributed by atoms with Gasteiger partial charge in [-0.15, -0.1) is 0 Å². The lowest BCUT2D eigenvalue weighted by atomic mass is 10.1. The first-order valence-corrected chi connectivity index (χ1v) is 5.96. The fourth-order valence-electron chi connectivity index (χ4n) is 1.81. The van der Waals surface area contributed by atoms with E-state index in [0.29, 0.717) is 11.1 Å². The number of hydrogen-bond donors (Lipinski definition) is 0. The summed E-state index contributed by atoms with van der Waals surface area (Å²) in [4.78, 5) is 16.4. The second kappa shape index (κ2) is 4.41. The molecule has 0 aliphatic heterocycles. The Kier molecular flexibility index (Phi) is 3.07. The number of rotatable bonds is 1. The molecule has 3 heteroatoms. The summed E-state index contributed by atoms with van der Waals surface area (Å²) in [5, 5.41) is 0.987. The molecule has 3 nitrogen and oxygen atoms in total. The molecule has 0 radical (unpaired) electrons. The number of aryl methyl sites for hydroxylation is 1. The molecule has 0 saturated heterocycles. The lowest BCUT2D eigenvalue weighted by molar-refractivity contribution is 0.00716. The van der Waals surface area contributed by atoms with Crippen molar-refractivity contribution in [2.45, 2.75) is 33.3 Å². The number of nitrogens with zero attached hydrogens (tertiary/aromatic N) is 1. The monoisotopic (exact) mass is 243 g/mol. The molecule has 0 fully saturated rings. The maximum Gasteiger partial charge on any atom is 0.340 e. The van der Waals surface area contributed by atoms with Gasteiger partial charge in [0.25, 0.3) is 0 Å². The smallest absolute Gasteiger partial charge is 0.340 e. The number of hydrogen-bond acceptors (Lipinski definition) is 3. The quantitative estimate of drug-likeness (QED) is 0.719. The van der Waals surface area contributed by atoms with Crippen LogP contribution in [0.15, 0.2) is 30.5 Å². The molecule has 0 aliphatic carbocycles. The van der Waals surface area contributed by atoms with Crippen molar-refractivity contribution in [3.63, 3.8) is 0 Å². The van der Waals surface area contributed by atoms with Gasteiger partial charge in [0.1, 0.15) is 5.60 Å². The van der Waals surface area contributed by atoms with E-state index in [0.717, 1.165) is 10.9 Å². The second-order valence-electron chi connectivity index (χ2n) is 5.33. The summed E-state index contributed by atoms with van der Waals surface area (Å²) in [7, 11) is 0. The third-order valence-electron chi connectivity index (χ3n) is 2.61. The van der Waals surface area contributed by atoms with Crippen LogP contribution in [0.5, 0.6) is 0 Å². The van der Waals surface area contributed by atoms with Crippen molar-refractivity contribution in [1.29, 1.82) is 0 Å². The van der Waals surface area contributed by atoms with Gasteiger partial charge in [-0.05, 0) is 45.4 Å². The van der Waals surface area contributed by atoms with Crippen LogP contribution >= 0.6 is 0 Å². The van der Waals surface area contributed by atoms with Gasteiger partial charge in [-0.1, -0.05) is 12.1 Å². The molecule has 1 heterocycles. The molecular weight excluding hydrogens is 226 g/mol. The number of fused-ring (bicyclic) bond motifs is 1. The Morgan fingerprint density at radius 3 is 2.61 bits per heavy atom.